The predicted molar refractivity (Wildman–Crippen MR) is 62.0 cm³/mol. The van der Waals surface area contributed by atoms with E-state index in [-0.39, 0.29) is 19.7 Å². The van der Waals surface area contributed by atoms with E-state index in [9.17, 15) is 9.90 Å². The summed E-state index contributed by atoms with van der Waals surface area (Å²) in [4.78, 5) is 12.9. The van der Waals surface area contributed by atoms with Crippen LogP contribution in [0, 0.1) is 12.3 Å². The Morgan fingerprint density at radius 3 is 2.71 bits per heavy atom. The normalized spacial score (nSPS) is 16.8. The molecule has 0 spiro atoms. The highest BCUT2D eigenvalue weighted by molar-refractivity contribution is 5.69. The summed E-state index contributed by atoms with van der Waals surface area (Å²) in [6.45, 7) is 0.499. The highest BCUT2D eigenvalue weighted by atomic mass is 16.6. The van der Waals surface area contributed by atoms with Gasteiger partial charge in [-0.05, 0) is 5.56 Å². The van der Waals surface area contributed by atoms with Crippen LogP contribution in [0.5, 0.6) is 0 Å². The van der Waals surface area contributed by atoms with Crippen LogP contribution in [0.4, 0.5) is 4.79 Å². The molecule has 1 aliphatic rings. The third-order valence-electron chi connectivity index (χ3n) is 2.64. The molecule has 0 bridgehead atoms. The smallest absolute Gasteiger partial charge is 0.410 e. The molecule has 0 aliphatic carbocycles. The van der Waals surface area contributed by atoms with E-state index in [1.165, 1.54) is 4.90 Å². The first-order chi connectivity index (χ1) is 8.13. The SMILES string of the molecule is C#CC1(O)CN(C(=O)OCc2ccccc2)C1. The van der Waals surface area contributed by atoms with Crippen molar-refractivity contribution in [3.63, 3.8) is 0 Å². The molecule has 1 aliphatic heterocycles. The number of carbonyl (C=O) groups excluding carboxylic acids is 1. The molecule has 88 valence electrons. The third kappa shape index (κ3) is 2.58. The van der Waals surface area contributed by atoms with Gasteiger partial charge in [-0.25, -0.2) is 4.79 Å². The topological polar surface area (TPSA) is 49.8 Å². The number of terminal acetylenes is 1. The van der Waals surface area contributed by atoms with Crippen molar-refractivity contribution in [1.82, 2.24) is 4.90 Å². The third-order valence-corrected chi connectivity index (χ3v) is 2.64. The molecule has 0 radical (unpaired) electrons. The first-order valence-electron chi connectivity index (χ1n) is 5.29. The molecule has 0 saturated carbocycles. The lowest BCUT2D eigenvalue weighted by Gasteiger charge is -2.41. The zero-order valence-corrected chi connectivity index (χ0v) is 9.30. The van der Waals surface area contributed by atoms with Gasteiger partial charge in [-0.1, -0.05) is 36.3 Å². The average molecular weight is 231 g/mol. The van der Waals surface area contributed by atoms with Gasteiger partial charge in [0.2, 0.25) is 0 Å². The molecule has 0 unspecified atom stereocenters. The van der Waals surface area contributed by atoms with Crippen LogP contribution >= 0.6 is 0 Å². The van der Waals surface area contributed by atoms with Crippen molar-refractivity contribution in [2.24, 2.45) is 0 Å². The van der Waals surface area contributed by atoms with E-state index in [2.05, 4.69) is 5.92 Å². The Morgan fingerprint density at radius 2 is 2.12 bits per heavy atom. The van der Waals surface area contributed by atoms with Crippen molar-refractivity contribution in [3.05, 3.63) is 35.9 Å². The summed E-state index contributed by atoms with van der Waals surface area (Å²) in [6.07, 6.45) is 4.67. The maximum absolute atomic E-state index is 11.5. The molecule has 1 aromatic rings. The first-order valence-corrected chi connectivity index (χ1v) is 5.29. The summed E-state index contributed by atoms with van der Waals surface area (Å²) in [6, 6.07) is 9.41. The fraction of sp³-hybridized carbons (Fsp3) is 0.308. The second-order valence-electron chi connectivity index (χ2n) is 4.07. The Bertz CT molecular complexity index is 443. The molecule has 1 amide bonds. The van der Waals surface area contributed by atoms with Crippen molar-refractivity contribution in [3.8, 4) is 12.3 Å². The van der Waals surface area contributed by atoms with Crippen molar-refractivity contribution in [2.75, 3.05) is 13.1 Å². The highest BCUT2D eigenvalue weighted by Crippen LogP contribution is 2.20. The number of aliphatic hydroxyl groups is 1. The van der Waals surface area contributed by atoms with E-state index in [0.29, 0.717) is 0 Å². The molecule has 1 saturated heterocycles. The molecule has 4 nitrogen and oxygen atoms in total. The minimum Gasteiger partial charge on any atom is -0.445 e. The maximum Gasteiger partial charge on any atom is 0.410 e. The number of amides is 1. The van der Waals surface area contributed by atoms with Gasteiger partial charge >= 0.3 is 6.09 Å². The standard InChI is InChI=1S/C13H13NO3/c1-2-13(16)9-14(10-13)12(15)17-8-11-6-4-3-5-7-11/h1,3-7,16H,8-10H2. The second-order valence-corrected chi connectivity index (χ2v) is 4.07. The number of rotatable bonds is 2. The van der Waals surface area contributed by atoms with Gasteiger partial charge in [-0.3, -0.25) is 0 Å². The average Bonchev–Trinajstić information content (AvgIpc) is 2.33. The fourth-order valence-electron chi connectivity index (χ4n) is 1.62. The Labute approximate surface area is 99.8 Å². The van der Waals surface area contributed by atoms with Crippen LogP contribution in [0.2, 0.25) is 0 Å². The van der Waals surface area contributed by atoms with Crippen LogP contribution in [0.3, 0.4) is 0 Å². The van der Waals surface area contributed by atoms with Crippen LogP contribution in [0.15, 0.2) is 30.3 Å². The minimum absolute atomic E-state index is 0.136. The largest absolute Gasteiger partial charge is 0.445 e. The van der Waals surface area contributed by atoms with E-state index >= 15 is 0 Å². The van der Waals surface area contributed by atoms with Crippen LogP contribution < -0.4 is 0 Å². The van der Waals surface area contributed by atoms with Crippen molar-refractivity contribution >= 4 is 6.09 Å². The Morgan fingerprint density at radius 1 is 1.47 bits per heavy atom. The minimum atomic E-state index is -1.17. The number of β-amino-alcohol motifs (C(OH)–C–C–N with tert-alkyl or cyclic N) is 1. The van der Waals surface area contributed by atoms with Crippen molar-refractivity contribution < 1.29 is 14.6 Å². The summed E-state index contributed by atoms with van der Waals surface area (Å²) in [5.74, 6) is 2.24. The van der Waals surface area contributed by atoms with Gasteiger partial charge in [0.1, 0.15) is 6.61 Å². The lowest BCUT2D eigenvalue weighted by Crippen LogP contribution is -2.62. The van der Waals surface area contributed by atoms with Crippen molar-refractivity contribution in [2.45, 2.75) is 12.2 Å². The molecule has 4 heteroatoms. The Balaban J connectivity index is 1.79. The van der Waals surface area contributed by atoms with Crippen LogP contribution in [-0.2, 0) is 11.3 Å². The molecule has 0 aromatic heterocycles. The molecule has 1 fully saturated rings. The van der Waals surface area contributed by atoms with Gasteiger partial charge in [-0.15, -0.1) is 6.42 Å². The van der Waals surface area contributed by atoms with Gasteiger partial charge in [0.05, 0.1) is 13.1 Å². The van der Waals surface area contributed by atoms with E-state index in [1.807, 2.05) is 30.3 Å². The molecule has 0 atom stereocenters. The zero-order valence-electron chi connectivity index (χ0n) is 9.30. The Kier molecular flexibility index (Phi) is 3.03. The van der Waals surface area contributed by atoms with E-state index in [4.69, 9.17) is 11.2 Å². The van der Waals surface area contributed by atoms with E-state index in [1.54, 1.807) is 0 Å². The van der Waals surface area contributed by atoms with Gasteiger partial charge in [0, 0.05) is 0 Å². The number of nitrogens with zero attached hydrogens (tertiary/aromatic N) is 1. The molecule has 1 aromatic carbocycles. The number of carbonyl (C=O) groups is 1. The molecule has 1 heterocycles. The number of hydrogen-bond acceptors (Lipinski definition) is 3. The van der Waals surface area contributed by atoms with Crippen LogP contribution in [-0.4, -0.2) is 34.8 Å². The van der Waals surface area contributed by atoms with Crippen LogP contribution in [0.1, 0.15) is 5.56 Å². The number of benzene rings is 1. The lowest BCUT2D eigenvalue weighted by molar-refractivity contribution is -0.0488. The van der Waals surface area contributed by atoms with Gasteiger partial charge in [0.15, 0.2) is 5.60 Å². The molecular weight excluding hydrogens is 218 g/mol. The first kappa shape index (κ1) is 11.5. The molecule has 2 rings (SSSR count). The summed E-state index contributed by atoms with van der Waals surface area (Å²) in [7, 11) is 0. The number of ether oxygens (including phenoxy) is 1. The van der Waals surface area contributed by atoms with E-state index < -0.39 is 11.7 Å². The zero-order chi connectivity index (χ0) is 12.3. The van der Waals surface area contributed by atoms with Gasteiger partial charge in [0.25, 0.3) is 0 Å². The number of likely N-dealkylation sites (tertiary alicyclic amines) is 1. The van der Waals surface area contributed by atoms with Crippen molar-refractivity contribution in [1.29, 1.82) is 0 Å². The summed E-state index contributed by atoms with van der Waals surface area (Å²) in [5.41, 5.74) is -0.250. The summed E-state index contributed by atoms with van der Waals surface area (Å²) >= 11 is 0. The maximum atomic E-state index is 11.5. The Hall–Kier alpha value is -1.99. The van der Waals surface area contributed by atoms with E-state index in [0.717, 1.165) is 5.56 Å². The van der Waals surface area contributed by atoms with Crippen LogP contribution in [0.25, 0.3) is 0 Å². The fourth-order valence-corrected chi connectivity index (χ4v) is 1.62. The van der Waals surface area contributed by atoms with Gasteiger partial charge in [-0.2, -0.15) is 0 Å². The lowest BCUT2D eigenvalue weighted by atomic mass is 9.96. The predicted octanol–water partition coefficient (Wildman–Crippen LogP) is 1.00. The number of hydrogen-bond donors (Lipinski definition) is 1. The monoisotopic (exact) mass is 231 g/mol. The molecule has 17 heavy (non-hydrogen) atoms. The summed E-state index contributed by atoms with van der Waals surface area (Å²) in [5, 5.41) is 9.54. The van der Waals surface area contributed by atoms with Gasteiger partial charge < -0.3 is 14.7 Å². The molecule has 1 N–H and O–H groups in total. The molecular formula is C13H13NO3. The quantitative estimate of drug-likeness (QED) is 0.773. The summed E-state index contributed by atoms with van der Waals surface area (Å²) < 4.78 is 5.08. The highest BCUT2D eigenvalue weighted by Gasteiger charge is 2.43. The second kappa shape index (κ2) is 4.48.